The largest absolute Gasteiger partial charge is 0.493 e. The highest BCUT2D eigenvalue weighted by atomic mass is 16.5. The number of nitrogens with zero attached hydrogens (tertiary/aromatic N) is 2. The molecule has 1 aliphatic rings. The number of rotatable bonds is 4. The predicted octanol–water partition coefficient (Wildman–Crippen LogP) is 6.79. The first-order valence-corrected chi connectivity index (χ1v) is 11.6. The highest BCUT2D eigenvalue weighted by molar-refractivity contribution is 6.09. The summed E-state index contributed by atoms with van der Waals surface area (Å²) in [4.78, 5) is 20.9. The highest BCUT2D eigenvalue weighted by Crippen LogP contribution is 2.45. The number of carboxylic acid groups (broad SMARTS) is 1. The molecule has 6 nitrogen and oxygen atoms in total. The summed E-state index contributed by atoms with van der Waals surface area (Å²) in [5.41, 5.74) is 4.72. The van der Waals surface area contributed by atoms with Crippen LogP contribution >= 0.6 is 0 Å². The quantitative estimate of drug-likeness (QED) is 0.335. The highest BCUT2D eigenvalue weighted by Gasteiger charge is 2.32. The molecule has 1 atom stereocenters. The van der Waals surface area contributed by atoms with Gasteiger partial charge < -0.3 is 14.6 Å². The third-order valence-electron chi connectivity index (χ3n) is 6.30. The van der Waals surface area contributed by atoms with Crippen LogP contribution in [0.1, 0.15) is 43.6 Å². The normalized spacial score (nSPS) is 13.9. The van der Waals surface area contributed by atoms with Gasteiger partial charge in [-0.1, -0.05) is 18.2 Å². The summed E-state index contributed by atoms with van der Waals surface area (Å²) >= 11 is 0. The van der Waals surface area contributed by atoms with E-state index in [1.807, 2.05) is 64.1 Å². The minimum Gasteiger partial charge on any atom is -0.493 e. The summed E-state index contributed by atoms with van der Waals surface area (Å²) in [7, 11) is 0. The fourth-order valence-corrected chi connectivity index (χ4v) is 4.94. The maximum absolute atomic E-state index is 12.6. The molecule has 0 aliphatic carbocycles. The molecule has 0 unspecified atom stereocenters. The predicted molar refractivity (Wildman–Crippen MR) is 136 cm³/mol. The lowest BCUT2D eigenvalue weighted by molar-refractivity contribution is -0.160. The van der Waals surface area contributed by atoms with Crippen LogP contribution in [0.5, 0.6) is 5.75 Å². The van der Waals surface area contributed by atoms with E-state index in [0.717, 1.165) is 56.1 Å². The Hall–Kier alpha value is -3.95. The van der Waals surface area contributed by atoms with Crippen LogP contribution in [-0.2, 0) is 16.0 Å². The molecular formula is C29H26N2O4. The van der Waals surface area contributed by atoms with Crippen molar-refractivity contribution in [1.29, 1.82) is 0 Å². The monoisotopic (exact) mass is 466 g/mol. The van der Waals surface area contributed by atoms with E-state index in [0.29, 0.717) is 17.9 Å². The Morgan fingerprint density at radius 1 is 1.20 bits per heavy atom. The van der Waals surface area contributed by atoms with Gasteiger partial charge in [0.05, 0.1) is 24.3 Å². The molecule has 1 aromatic heterocycles. The average molecular weight is 467 g/mol. The summed E-state index contributed by atoms with van der Waals surface area (Å²) in [6.45, 7) is 15.5. The first kappa shape index (κ1) is 22.8. The average Bonchev–Trinajstić information content (AvgIpc) is 2.82. The van der Waals surface area contributed by atoms with E-state index in [1.165, 1.54) is 0 Å². The molecule has 4 aromatic rings. The second-order valence-electron chi connectivity index (χ2n) is 9.85. The van der Waals surface area contributed by atoms with Crippen LogP contribution in [0.25, 0.3) is 37.6 Å². The van der Waals surface area contributed by atoms with Crippen molar-refractivity contribution in [2.75, 3.05) is 6.61 Å². The van der Waals surface area contributed by atoms with E-state index in [4.69, 9.17) is 21.0 Å². The van der Waals surface area contributed by atoms with Crippen molar-refractivity contribution in [3.8, 4) is 16.9 Å². The molecule has 6 heteroatoms. The van der Waals surface area contributed by atoms with Crippen LogP contribution in [0, 0.1) is 13.5 Å². The van der Waals surface area contributed by atoms with Gasteiger partial charge in [0.1, 0.15) is 5.75 Å². The summed E-state index contributed by atoms with van der Waals surface area (Å²) in [5.74, 6) is -0.270. The Labute approximate surface area is 204 Å². The van der Waals surface area contributed by atoms with Crippen molar-refractivity contribution in [2.45, 2.75) is 45.8 Å². The van der Waals surface area contributed by atoms with Crippen LogP contribution in [0.3, 0.4) is 0 Å². The van der Waals surface area contributed by atoms with Crippen molar-refractivity contribution in [2.24, 2.45) is 0 Å². The molecule has 0 radical (unpaired) electrons. The molecule has 3 aromatic carbocycles. The lowest BCUT2D eigenvalue weighted by Gasteiger charge is -2.29. The molecule has 2 heterocycles. The first-order chi connectivity index (χ1) is 16.7. The van der Waals surface area contributed by atoms with E-state index in [2.05, 4.69) is 4.85 Å². The van der Waals surface area contributed by atoms with Crippen molar-refractivity contribution >= 4 is 33.3 Å². The van der Waals surface area contributed by atoms with Gasteiger partial charge in [-0.05, 0) is 79.4 Å². The molecular weight excluding hydrogens is 440 g/mol. The molecule has 0 fully saturated rings. The number of aromatic nitrogens is 1. The summed E-state index contributed by atoms with van der Waals surface area (Å²) in [5, 5.41) is 13.0. The number of pyridine rings is 1. The summed E-state index contributed by atoms with van der Waals surface area (Å²) in [6.07, 6.45) is 1.40. The number of aryl methyl sites for hydroxylation is 1. The fraction of sp³-hybridized carbons (Fsp3) is 0.276. The zero-order valence-corrected chi connectivity index (χ0v) is 20.2. The maximum Gasteiger partial charge on any atom is 0.337 e. The number of carboxylic acids is 1. The van der Waals surface area contributed by atoms with Gasteiger partial charge in [-0.2, -0.15) is 0 Å². The molecule has 0 saturated heterocycles. The Morgan fingerprint density at radius 3 is 2.71 bits per heavy atom. The molecule has 1 N–H and O–H groups in total. The Kier molecular flexibility index (Phi) is 5.46. The van der Waals surface area contributed by atoms with Gasteiger partial charge in [0.2, 0.25) is 0 Å². The lowest BCUT2D eigenvalue weighted by Crippen LogP contribution is -2.28. The standard InChI is InChI=1S/C29H26N2O4/c1-16-14-18-15-19(30-5)6-7-20(18)25(23(16)27(28(32)33)35-29(2,3)4)21-8-9-22-24-17(11-13-34-22)10-12-31-26(21)24/h6-10,12,14-15,27H,11,13H2,1-4H3,(H,32,33)/t27-/m0/s1. The molecule has 0 saturated carbocycles. The second kappa shape index (κ2) is 8.37. The lowest BCUT2D eigenvalue weighted by atomic mass is 9.85. The third-order valence-corrected chi connectivity index (χ3v) is 6.30. The van der Waals surface area contributed by atoms with E-state index in [9.17, 15) is 9.90 Å². The van der Waals surface area contributed by atoms with Crippen LogP contribution in [0.15, 0.2) is 48.7 Å². The van der Waals surface area contributed by atoms with Gasteiger partial charge in [0.25, 0.3) is 0 Å². The number of ether oxygens (including phenoxy) is 2. The number of aliphatic carboxylic acids is 1. The Balaban J connectivity index is 1.92. The Morgan fingerprint density at radius 2 is 2.00 bits per heavy atom. The van der Waals surface area contributed by atoms with Gasteiger partial charge in [0.15, 0.2) is 11.8 Å². The van der Waals surface area contributed by atoms with Crippen LogP contribution in [-0.4, -0.2) is 28.3 Å². The van der Waals surface area contributed by atoms with Crippen LogP contribution < -0.4 is 4.74 Å². The van der Waals surface area contributed by atoms with E-state index >= 15 is 0 Å². The number of carbonyl (C=O) groups is 1. The van der Waals surface area contributed by atoms with Crippen molar-refractivity contribution in [1.82, 2.24) is 4.98 Å². The minimum absolute atomic E-state index is 0.528. The van der Waals surface area contributed by atoms with Gasteiger partial charge >= 0.3 is 5.97 Å². The van der Waals surface area contributed by atoms with E-state index in [1.54, 1.807) is 12.3 Å². The fourth-order valence-electron chi connectivity index (χ4n) is 4.94. The SMILES string of the molecule is [C-]#[N+]c1ccc2c(-c3ccc4c5c(ccnc35)CCO4)c([C@H](OC(C)(C)C)C(=O)O)c(C)cc2c1. The number of benzene rings is 3. The van der Waals surface area contributed by atoms with Gasteiger partial charge in [-0.3, -0.25) is 4.98 Å². The first-order valence-electron chi connectivity index (χ1n) is 11.6. The van der Waals surface area contributed by atoms with Gasteiger partial charge in [-0.15, -0.1) is 0 Å². The van der Waals surface area contributed by atoms with Gasteiger partial charge in [-0.25, -0.2) is 9.64 Å². The summed E-state index contributed by atoms with van der Waals surface area (Å²) in [6, 6.07) is 13.3. The number of hydrogen-bond acceptors (Lipinski definition) is 4. The number of fused-ring (bicyclic) bond motifs is 1. The van der Waals surface area contributed by atoms with Crippen LogP contribution in [0.4, 0.5) is 5.69 Å². The molecule has 0 amide bonds. The maximum atomic E-state index is 12.6. The molecule has 176 valence electrons. The van der Waals surface area contributed by atoms with Crippen molar-refractivity contribution < 1.29 is 19.4 Å². The topological polar surface area (TPSA) is 73.0 Å². The third kappa shape index (κ3) is 3.98. The van der Waals surface area contributed by atoms with E-state index < -0.39 is 17.7 Å². The molecule has 1 aliphatic heterocycles. The zero-order valence-electron chi connectivity index (χ0n) is 20.2. The Bertz CT molecular complexity index is 1530. The molecule has 5 rings (SSSR count). The molecule has 0 spiro atoms. The molecule has 35 heavy (non-hydrogen) atoms. The minimum atomic E-state index is -1.18. The summed E-state index contributed by atoms with van der Waals surface area (Å²) < 4.78 is 12.0. The zero-order chi connectivity index (χ0) is 24.9. The van der Waals surface area contributed by atoms with Crippen molar-refractivity contribution in [3.63, 3.8) is 0 Å². The van der Waals surface area contributed by atoms with Gasteiger partial charge in [0, 0.05) is 29.1 Å². The van der Waals surface area contributed by atoms with E-state index in [-0.39, 0.29) is 0 Å². The van der Waals surface area contributed by atoms with Crippen molar-refractivity contribution in [3.05, 3.63) is 76.8 Å². The second-order valence-corrected chi connectivity index (χ2v) is 9.85. The van der Waals surface area contributed by atoms with Crippen LogP contribution in [0.2, 0.25) is 0 Å². The molecule has 0 bridgehead atoms. The number of hydrogen-bond donors (Lipinski definition) is 1. The smallest absolute Gasteiger partial charge is 0.337 e.